The van der Waals surface area contributed by atoms with E-state index in [9.17, 15) is 4.79 Å². The van der Waals surface area contributed by atoms with Gasteiger partial charge >= 0.3 is 0 Å². The number of aryl methyl sites for hydroxylation is 2. The smallest absolute Gasteiger partial charge is 0.256 e. The molecule has 3 aromatic rings. The largest absolute Gasteiger partial charge is 0.343 e. The Morgan fingerprint density at radius 1 is 1.30 bits per heavy atom. The maximum atomic E-state index is 12.2. The Morgan fingerprint density at radius 3 is 2.91 bits per heavy atom. The summed E-state index contributed by atoms with van der Waals surface area (Å²) in [4.78, 5) is 26.3. The number of anilines is 1. The first kappa shape index (κ1) is 14.7. The van der Waals surface area contributed by atoms with Gasteiger partial charge < -0.3 is 9.88 Å². The summed E-state index contributed by atoms with van der Waals surface area (Å²) in [6.45, 7) is 5.19. The van der Waals surface area contributed by atoms with Crippen LogP contribution < -0.4 is 10.5 Å². The fourth-order valence-corrected chi connectivity index (χ4v) is 4.28. The van der Waals surface area contributed by atoms with Gasteiger partial charge in [0.05, 0.1) is 33.0 Å². The molecule has 0 atom stereocenters. The van der Waals surface area contributed by atoms with Gasteiger partial charge in [0.15, 0.2) is 5.13 Å². The van der Waals surface area contributed by atoms with Crippen LogP contribution in [-0.4, -0.2) is 21.5 Å². The van der Waals surface area contributed by atoms with E-state index in [0.717, 1.165) is 50.2 Å². The van der Waals surface area contributed by atoms with Crippen LogP contribution in [0.15, 0.2) is 16.9 Å². The molecule has 0 amide bonds. The van der Waals surface area contributed by atoms with Crippen molar-refractivity contribution in [1.82, 2.24) is 15.0 Å². The summed E-state index contributed by atoms with van der Waals surface area (Å²) in [6.07, 6.45) is 0.753. The van der Waals surface area contributed by atoms with E-state index in [2.05, 4.69) is 14.9 Å². The molecule has 0 spiro atoms. The summed E-state index contributed by atoms with van der Waals surface area (Å²) in [6, 6.07) is 3.89. The van der Waals surface area contributed by atoms with Gasteiger partial charge in [-0.2, -0.15) is 0 Å². The van der Waals surface area contributed by atoms with E-state index >= 15 is 0 Å². The highest BCUT2D eigenvalue weighted by Gasteiger charge is 2.23. The fourth-order valence-electron chi connectivity index (χ4n) is 2.94. The van der Waals surface area contributed by atoms with Crippen LogP contribution in [0, 0.1) is 13.8 Å². The van der Waals surface area contributed by atoms with Crippen LogP contribution >= 0.6 is 22.9 Å². The minimum absolute atomic E-state index is 0.0486. The molecule has 1 aliphatic rings. The van der Waals surface area contributed by atoms with Crippen molar-refractivity contribution in [2.24, 2.45) is 0 Å². The number of rotatable bonds is 1. The van der Waals surface area contributed by atoms with E-state index in [4.69, 9.17) is 16.6 Å². The number of aromatic amines is 1. The van der Waals surface area contributed by atoms with Gasteiger partial charge in [0.1, 0.15) is 5.82 Å². The van der Waals surface area contributed by atoms with Crippen LogP contribution in [0.3, 0.4) is 0 Å². The Bertz CT molecular complexity index is 939. The number of nitrogens with zero attached hydrogens (tertiary/aromatic N) is 3. The monoisotopic (exact) mass is 346 g/mol. The summed E-state index contributed by atoms with van der Waals surface area (Å²) in [5, 5.41) is 1.63. The van der Waals surface area contributed by atoms with Crippen molar-refractivity contribution >= 4 is 38.3 Å². The van der Waals surface area contributed by atoms with Crippen LogP contribution in [0.1, 0.15) is 22.6 Å². The van der Waals surface area contributed by atoms with E-state index in [1.165, 1.54) is 0 Å². The predicted octanol–water partition coefficient (Wildman–Crippen LogP) is 3.21. The molecule has 7 heteroatoms. The number of hydrogen-bond acceptors (Lipinski definition) is 5. The van der Waals surface area contributed by atoms with Gasteiger partial charge in [0.2, 0.25) is 0 Å². The Hall–Kier alpha value is -1.92. The predicted molar refractivity (Wildman–Crippen MR) is 93.7 cm³/mol. The number of aromatic nitrogens is 3. The zero-order valence-electron chi connectivity index (χ0n) is 12.8. The van der Waals surface area contributed by atoms with Crippen LogP contribution in [0.25, 0.3) is 10.2 Å². The zero-order chi connectivity index (χ0) is 16.1. The van der Waals surface area contributed by atoms with E-state index in [1.807, 2.05) is 26.0 Å². The topological polar surface area (TPSA) is 61.9 Å². The fraction of sp³-hybridized carbons (Fsp3) is 0.312. The molecule has 2 aromatic heterocycles. The molecule has 5 nitrogen and oxygen atoms in total. The summed E-state index contributed by atoms with van der Waals surface area (Å²) < 4.78 is 1.00. The Kier molecular flexibility index (Phi) is 3.39. The lowest BCUT2D eigenvalue weighted by Crippen LogP contribution is -2.35. The van der Waals surface area contributed by atoms with Crippen molar-refractivity contribution in [2.45, 2.75) is 26.8 Å². The number of benzene rings is 1. The van der Waals surface area contributed by atoms with Crippen molar-refractivity contribution in [3.63, 3.8) is 0 Å². The average Bonchev–Trinajstić information content (AvgIpc) is 2.97. The van der Waals surface area contributed by atoms with Crippen molar-refractivity contribution < 1.29 is 0 Å². The van der Waals surface area contributed by atoms with Crippen LogP contribution in [0.5, 0.6) is 0 Å². The molecular formula is C16H15ClN4OS. The van der Waals surface area contributed by atoms with E-state index < -0.39 is 0 Å². The molecule has 1 aliphatic heterocycles. The van der Waals surface area contributed by atoms with Crippen LogP contribution in [0.4, 0.5) is 5.13 Å². The number of halogens is 1. The van der Waals surface area contributed by atoms with Crippen molar-refractivity contribution in [1.29, 1.82) is 0 Å². The number of H-pyrrole nitrogens is 1. The molecule has 4 rings (SSSR count). The molecule has 23 heavy (non-hydrogen) atoms. The number of hydrogen-bond donors (Lipinski definition) is 1. The summed E-state index contributed by atoms with van der Waals surface area (Å²) in [5.74, 6) is 0.671. The molecule has 0 saturated heterocycles. The molecule has 0 aliphatic carbocycles. The molecule has 0 radical (unpaired) electrons. The summed E-state index contributed by atoms with van der Waals surface area (Å²) in [7, 11) is 0. The molecule has 0 bridgehead atoms. The normalized spacial score (nSPS) is 14.3. The first-order chi connectivity index (χ1) is 11.0. The van der Waals surface area contributed by atoms with Gasteiger partial charge in [-0.1, -0.05) is 29.0 Å². The highest BCUT2D eigenvalue weighted by Crippen LogP contribution is 2.36. The molecule has 1 aromatic carbocycles. The Labute approximate surface area is 142 Å². The molecule has 118 valence electrons. The second-order valence-corrected chi connectivity index (χ2v) is 7.17. The lowest BCUT2D eigenvalue weighted by atomic mass is 10.1. The maximum Gasteiger partial charge on any atom is 0.256 e. The zero-order valence-corrected chi connectivity index (χ0v) is 14.4. The third-order valence-corrected chi connectivity index (χ3v) is 5.72. The molecule has 0 saturated carbocycles. The summed E-state index contributed by atoms with van der Waals surface area (Å²) in [5.41, 5.74) is 3.65. The number of nitrogens with one attached hydrogen (secondary N) is 1. The Morgan fingerprint density at radius 2 is 2.13 bits per heavy atom. The van der Waals surface area contributed by atoms with E-state index in [0.29, 0.717) is 12.4 Å². The summed E-state index contributed by atoms with van der Waals surface area (Å²) >= 11 is 7.87. The third kappa shape index (κ3) is 2.42. The van der Waals surface area contributed by atoms with Crippen molar-refractivity contribution in [3.05, 3.63) is 50.2 Å². The minimum atomic E-state index is -0.0486. The van der Waals surface area contributed by atoms with Gasteiger partial charge in [-0.3, -0.25) is 4.79 Å². The lowest BCUT2D eigenvalue weighted by molar-refractivity contribution is 0.690. The van der Waals surface area contributed by atoms with Crippen LogP contribution in [0.2, 0.25) is 5.02 Å². The lowest BCUT2D eigenvalue weighted by Gasteiger charge is -2.27. The second-order valence-electron chi connectivity index (χ2n) is 5.79. The molecule has 3 heterocycles. The third-order valence-electron chi connectivity index (χ3n) is 4.14. The van der Waals surface area contributed by atoms with Crippen molar-refractivity contribution in [2.75, 3.05) is 11.4 Å². The van der Waals surface area contributed by atoms with Gasteiger partial charge in [-0.15, -0.1) is 0 Å². The SMILES string of the molecule is Cc1nc2c(c(=O)[nH]1)CN(c1nc3c(C)ccc(Cl)c3s1)CC2. The van der Waals surface area contributed by atoms with Gasteiger partial charge in [-0.25, -0.2) is 9.97 Å². The number of thiazole rings is 1. The quantitative estimate of drug-likeness (QED) is 0.735. The standard InChI is InChI=1S/C16H15ClN4OS/c1-8-3-4-11(17)14-13(8)20-16(23-14)21-6-5-12-10(7-21)15(22)19-9(2)18-12/h3-4H,5-7H2,1-2H3,(H,18,19,22). The van der Waals surface area contributed by atoms with Gasteiger partial charge in [-0.05, 0) is 25.5 Å². The molecule has 0 fully saturated rings. The van der Waals surface area contributed by atoms with E-state index in [-0.39, 0.29) is 5.56 Å². The number of fused-ring (bicyclic) bond motifs is 2. The first-order valence-electron chi connectivity index (χ1n) is 7.42. The maximum absolute atomic E-state index is 12.2. The van der Waals surface area contributed by atoms with Crippen molar-refractivity contribution in [3.8, 4) is 0 Å². The van der Waals surface area contributed by atoms with E-state index in [1.54, 1.807) is 11.3 Å². The second kappa shape index (κ2) is 5.32. The average molecular weight is 347 g/mol. The minimum Gasteiger partial charge on any atom is -0.343 e. The first-order valence-corrected chi connectivity index (χ1v) is 8.61. The van der Waals surface area contributed by atoms with Crippen LogP contribution in [-0.2, 0) is 13.0 Å². The highest BCUT2D eigenvalue weighted by molar-refractivity contribution is 7.22. The van der Waals surface area contributed by atoms with Gasteiger partial charge in [0, 0.05) is 13.0 Å². The molecule has 1 N–H and O–H groups in total. The highest BCUT2D eigenvalue weighted by atomic mass is 35.5. The molecular weight excluding hydrogens is 332 g/mol. The molecule has 0 unspecified atom stereocenters. The Balaban J connectivity index is 1.77. The van der Waals surface area contributed by atoms with Gasteiger partial charge in [0.25, 0.3) is 5.56 Å².